The number of pyridine rings is 1. The Morgan fingerprint density at radius 3 is 2.17 bits per heavy atom. The zero-order valence-corrected chi connectivity index (χ0v) is 16.7. The molecule has 2 atom stereocenters. The Labute approximate surface area is 174 Å². The van der Waals surface area contributed by atoms with Gasteiger partial charge in [0.05, 0.1) is 6.42 Å². The van der Waals surface area contributed by atoms with E-state index in [9.17, 15) is 9.59 Å². The van der Waals surface area contributed by atoms with E-state index in [0.717, 1.165) is 17.5 Å². The molecule has 1 aliphatic rings. The molecule has 1 saturated heterocycles. The van der Waals surface area contributed by atoms with Crippen molar-refractivity contribution in [2.24, 2.45) is 0 Å². The number of thioether (sulfide) groups is 1. The van der Waals surface area contributed by atoms with Crippen LogP contribution < -0.4 is 0 Å². The van der Waals surface area contributed by atoms with Crippen molar-refractivity contribution < 1.29 is 14.3 Å². The number of rotatable bonds is 6. The van der Waals surface area contributed by atoms with Gasteiger partial charge in [-0.05, 0) is 29.9 Å². The van der Waals surface area contributed by atoms with Crippen molar-refractivity contribution in [1.29, 1.82) is 0 Å². The van der Waals surface area contributed by atoms with Crippen LogP contribution in [0.1, 0.15) is 23.1 Å². The number of aryl methyl sites for hydroxylation is 1. The Hall–Kier alpha value is -2.92. The summed E-state index contributed by atoms with van der Waals surface area (Å²) < 4.78 is 6.02. The average molecular weight is 404 g/mol. The van der Waals surface area contributed by atoms with Gasteiger partial charge in [0.2, 0.25) is 0 Å². The summed E-state index contributed by atoms with van der Waals surface area (Å²) in [4.78, 5) is 30.1. The van der Waals surface area contributed by atoms with Crippen molar-refractivity contribution in [2.75, 3.05) is 5.75 Å². The van der Waals surface area contributed by atoms with Crippen LogP contribution in [0.25, 0.3) is 0 Å². The Bertz CT molecular complexity index is 917. The summed E-state index contributed by atoms with van der Waals surface area (Å²) in [5.74, 6) is 0.114. The molecule has 29 heavy (non-hydrogen) atoms. The van der Waals surface area contributed by atoms with Gasteiger partial charge in [-0.15, -0.1) is 11.8 Å². The molecule has 4 rings (SSSR count). The largest absolute Gasteiger partial charge is 0.448 e. The predicted octanol–water partition coefficient (Wildman–Crippen LogP) is 4.19. The van der Waals surface area contributed by atoms with E-state index in [1.165, 1.54) is 17.3 Å². The molecule has 0 spiro atoms. The van der Waals surface area contributed by atoms with Gasteiger partial charge in [0.25, 0.3) is 0 Å². The Kier molecular flexibility index (Phi) is 5.76. The maximum atomic E-state index is 13.1. The fourth-order valence-corrected chi connectivity index (χ4v) is 4.69. The third kappa shape index (κ3) is 4.10. The first-order valence-corrected chi connectivity index (χ1v) is 10.6. The minimum absolute atomic E-state index is 0.0972. The number of cyclic esters (lactones) is 1. The molecule has 2 unspecified atom stereocenters. The number of hydrogen-bond donors (Lipinski definition) is 0. The van der Waals surface area contributed by atoms with E-state index in [-0.39, 0.29) is 12.2 Å². The van der Waals surface area contributed by atoms with Crippen molar-refractivity contribution in [2.45, 2.75) is 23.7 Å². The fraction of sp³-hybridized carbons (Fsp3) is 0.208. The number of ether oxygens (including phenoxy) is 1. The molecular formula is C24H21NO3S. The van der Waals surface area contributed by atoms with E-state index in [4.69, 9.17) is 4.74 Å². The number of carbonyl (C=O) groups is 2. The number of ketones is 1. The molecule has 3 aromatic rings. The van der Waals surface area contributed by atoms with Crippen LogP contribution in [0.15, 0.2) is 85.2 Å². The van der Waals surface area contributed by atoms with E-state index in [0.29, 0.717) is 5.75 Å². The zero-order valence-electron chi connectivity index (χ0n) is 15.9. The standard InChI is InChI=1S/C24H21NO3S/c26-21-17-24(19-9-5-2-6-10-19,20-11-14-25-15-12-20)28-23(27)22(21)29-16-13-18-7-3-1-4-8-18/h1-12,14-15,22H,13,16-17H2. The van der Waals surface area contributed by atoms with Gasteiger partial charge in [0, 0.05) is 23.5 Å². The molecule has 0 amide bonds. The third-order valence-corrected chi connectivity index (χ3v) is 6.34. The summed E-state index contributed by atoms with van der Waals surface area (Å²) in [5, 5.41) is -0.780. The molecule has 0 aliphatic carbocycles. The molecule has 0 saturated carbocycles. The van der Waals surface area contributed by atoms with E-state index in [2.05, 4.69) is 4.98 Å². The lowest BCUT2D eigenvalue weighted by Gasteiger charge is -2.39. The molecule has 2 heterocycles. The van der Waals surface area contributed by atoms with Gasteiger partial charge in [0.15, 0.2) is 16.6 Å². The molecule has 146 valence electrons. The highest BCUT2D eigenvalue weighted by Crippen LogP contribution is 2.42. The molecule has 0 N–H and O–H groups in total. The van der Waals surface area contributed by atoms with E-state index in [1.807, 2.05) is 60.7 Å². The van der Waals surface area contributed by atoms with Crippen LogP contribution >= 0.6 is 11.8 Å². The van der Waals surface area contributed by atoms with Crippen molar-refractivity contribution in [3.05, 3.63) is 102 Å². The van der Waals surface area contributed by atoms with Gasteiger partial charge < -0.3 is 4.74 Å². The monoisotopic (exact) mass is 403 g/mol. The molecule has 1 fully saturated rings. The lowest BCUT2D eigenvalue weighted by Crippen LogP contribution is -2.48. The lowest BCUT2D eigenvalue weighted by molar-refractivity contribution is -0.165. The summed E-state index contributed by atoms with van der Waals surface area (Å²) in [6, 6.07) is 23.1. The average Bonchev–Trinajstić information content (AvgIpc) is 2.77. The number of esters is 1. The van der Waals surface area contributed by atoms with Gasteiger partial charge in [-0.3, -0.25) is 14.6 Å². The lowest BCUT2D eigenvalue weighted by atomic mass is 9.80. The molecular weight excluding hydrogens is 382 g/mol. The Balaban J connectivity index is 1.55. The first-order valence-electron chi connectivity index (χ1n) is 9.56. The van der Waals surface area contributed by atoms with Crippen LogP contribution in [0.3, 0.4) is 0 Å². The van der Waals surface area contributed by atoms with Crippen LogP contribution in [0.4, 0.5) is 0 Å². The fourth-order valence-electron chi connectivity index (χ4n) is 3.65. The molecule has 2 aromatic carbocycles. The van der Waals surface area contributed by atoms with E-state index >= 15 is 0 Å². The van der Waals surface area contributed by atoms with Crippen molar-refractivity contribution in [3.8, 4) is 0 Å². The zero-order chi connectivity index (χ0) is 20.1. The van der Waals surface area contributed by atoms with Crippen molar-refractivity contribution in [3.63, 3.8) is 0 Å². The number of carbonyl (C=O) groups excluding carboxylic acids is 2. The molecule has 4 nitrogen and oxygen atoms in total. The van der Waals surface area contributed by atoms with Gasteiger partial charge in [-0.25, -0.2) is 0 Å². The molecule has 0 radical (unpaired) electrons. The van der Waals surface area contributed by atoms with Crippen molar-refractivity contribution in [1.82, 2.24) is 4.98 Å². The predicted molar refractivity (Wildman–Crippen MR) is 114 cm³/mol. The summed E-state index contributed by atoms with van der Waals surface area (Å²) in [5.41, 5.74) is 1.63. The minimum atomic E-state index is -1.10. The maximum Gasteiger partial charge on any atom is 0.327 e. The quantitative estimate of drug-likeness (QED) is 0.456. The second-order valence-corrected chi connectivity index (χ2v) is 8.19. The topological polar surface area (TPSA) is 56.3 Å². The summed E-state index contributed by atoms with van der Waals surface area (Å²) in [6.07, 6.45) is 4.23. The van der Waals surface area contributed by atoms with Crippen LogP contribution in [0.2, 0.25) is 0 Å². The second kappa shape index (κ2) is 8.62. The highest BCUT2D eigenvalue weighted by atomic mass is 32.2. The van der Waals surface area contributed by atoms with Gasteiger partial charge >= 0.3 is 5.97 Å². The molecule has 0 bridgehead atoms. The number of nitrogens with zero attached hydrogens (tertiary/aromatic N) is 1. The highest BCUT2D eigenvalue weighted by Gasteiger charge is 2.49. The molecule has 1 aliphatic heterocycles. The summed E-state index contributed by atoms with van der Waals surface area (Å²) in [6.45, 7) is 0. The van der Waals surface area contributed by atoms with Crippen molar-refractivity contribution >= 4 is 23.5 Å². The number of benzene rings is 2. The SMILES string of the molecule is O=C1CC(c2ccccc2)(c2ccncc2)OC(=O)C1SCCc1ccccc1. The molecule has 1 aromatic heterocycles. The number of hydrogen-bond acceptors (Lipinski definition) is 5. The first kappa shape index (κ1) is 19.4. The van der Waals surface area contributed by atoms with E-state index < -0.39 is 16.8 Å². The highest BCUT2D eigenvalue weighted by molar-refractivity contribution is 8.01. The van der Waals surface area contributed by atoms with Gasteiger partial charge in [-0.1, -0.05) is 60.7 Å². The smallest absolute Gasteiger partial charge is 0.327 e. The first-order chi connectivity index (χ1) is 14.2. The third-order valence-electron chi connectivity index (χ3n) is 5.11. The second-order valence-electron chi connectivity index (χ2n) is 6.98. The van der Waals surface area contributed by atoms with E-state index in [1.54, 1.807) is 24.5 Å². The van der Waals surface area contributed by atoms with Crippen LogP contribution in [-0.4, -0.2) is 27.7 Å². The van der Waals surface area contributed by atoms with Gasteiger partial charge in [0.1, 0.15) is 0 Å². The van der Waals surface area contributed by atoms with Crippen LogP contribution in [0, 0.1) is 0 Å². The minimum Gasteiger partial charge on any atom is -0.448 e. The normalized spacial score (nSPS) is 21.6. The van der Waals surface area contributed by atoms with Crippen LogP contribution in [-0.2, 0) is 26.3 Å². The Morgan fingerprint density at radius 2 is 1.52 bits per heavy atom. The van der Waals surface area contributed by atoms with Crippen LogP contribution in [0.5, 0.6) is 0 Å². The number of Topliss-reactive ketones (excluding diaryl/α,β-unsaturated/α-hetero) is 1. The summed E-state index contributed by atoms with van der Waals surface area (Å²) in [7, 11) is 0. The maximum absolute atomic E-state index is 13.1. The summed E-state index contributed by atoms with van der Waals surface area (Å²) >= 11 is 1.36. The molecule has 5 heteroatoms. The number of aromatic nitrogens is 1. The van der Waals surface area contributed by atoms with Gasteiger partial charge in [-0.2, -0.15) is 0 Å². The Morgan fingerprint density at radius 1 is 0.897 bits per heavy atom.